The number of fused-ring (bicyclic) bond motifs is 2. The van der Waals surface area contributed by atoms with E-state index in [4.69, 9.17) is 5.73 Å². The molecule has 5 atom stereocenters. The summed E-state index contributed by atoms with van der Waals surface area (Å²) in [4.78, 5) is 23.4. The molecule has 0 aliphatic heterocycles. The Kier molecular flexibility index (Phi) is 3.90. The minimum Gasteiger partial charge on any atom is -0.469 e. The molecule has 5 heteroatoms. The van der Waals surface area contributed by atoms with Crippen molar-refractivity contribution in [3.8, 4) is 0 Å². The van der Waals surface area contributed by atoms with E-state index in [1.165, 1.54) is 7.11 Å². The van der Waals surface area contributed by atoms with Gasteiger partial charge in [-0.2, -0.15) is 0 Å². The highest BCUT2D eigenvalue weighted by atomic mass is 16.5. The first kappa shape index (κ1) is 13.3. The molecule has 0 spiro atoms. The monoisotopic (exact) mass is 254 g/mol. The predicted molar refractivity (Wildman–Crippen MR) is 66.5 cm³/mol. The second kappa shape index (κ2) is 5.26. The maximum absolute atomic E-state index is 12.1. The zero-order valence-corrected chi connectivity index (χ0v) is 11.0. The molecule has 2 fully saturated rings. The van der Waals surface area contributed by atoms with Gasteiger partial charge in [0.05, 0.1) is 18.9 Å². The molecule has 0 aromatic rings. The SMILES string of the molecule is COC(=O)C(C)CNC(=O)C1C2CCC(C2)C1N. The van der Waals surface area contributed by atoms with E-state index in [1.54, 1.807) is 6.92 Å². The van der Waals surface area contributed by atoms with Gasteiger partial charge in [-0.05, 0) is 31.1 Å². The van der Waals surface area contributed by atoms with E-state index in [2.05, 4.69) is 10.1 Å². The van der Waals surface area contributed by atoms with Crippen LogP contribution in [0, 0.1) is 23.7 Å². The van der Waals surface area contributed by atoms with Crippen LogP contribution in [-0.4, -0.2) is 31.6 Å². The molecule has 0 saturated heterocycles. The van der Waals surface area contributed by atoms with Crippen LogP contribution in [0.1, 0.15) is 26.2 Å². The van der Waals surface area contributed by atoms with Crippen molar-refractivity contribution >= 4 is 11.9 Å². The fourth-order valence-corrected chi connectivity index (χ4v) is 3.38. The van der Waals surface area contributed by atoms with Crippen molar-refractivity contribution in [3.05, 3.63) is 0 Å². The summed E-state index contributed by atoms with van der Waals surface area (Å²) in [6.45, 7) is 2.07. The summed E-state index contributed by atoms with van der Waals surface area (Å²) in [6.07, 6.45) is 3.36. The fourth-order valence-electron chi connectivity index (χ4n) is 3.38. The molecule has 18 heavy (non-hydrogen) atoms. The Bertz CT molecular complexity index is 343. The highest BCUT2D eigenvalue weighted by Crippen LogP contribution is 2.47. The second-order valence-corrected chi connectivity index (χ2v) is 5.61. The van der Waals surface area contributed by atoms with Gasteiger partial charge in [0.25, 0.3) is 0 Å². The van der Waals surface area contributed by atoms with Gasteiger partial charge >= 0.3 is 5.97 Å². The lowest BCUT2D eigenvalue weighted by molar-refractivity contribution is -0.144. The molecule has 0 radical (unpaired) electrons. The Morgan fingerprint density at radius 3 is 2.61 bits per heavy atom. The molecular weight excluding hydrogens is 232 g/mol. The van der Waals surface area contributed by atoms with E-state index in [9.17, 15) is 9.59 Å². The summed E-state index contributed by atoms with van der Waals surface area (Å²) in [7, 11) is 1.35. The standard InChI is InChI=1S/C13H22N2O3/c1-7(13(17)18-2)6-15-12(16)10-8-3-4-9(5-8)11(10)14/h7-11H,3-6,14H2,1-2H3,(H,15,16). The van der Waals surface area contributed by atoms with Gasteiger partial charge in [-0.1, -0.05) is 6.92 Å². The summed E-state index contributed by atoms with van der Waals surface area (Å²) in [6, 6.07) is -0.00261. The lowest BCUT2D eigenvalue weighted by Gasteiger charge is -2.27. The van der Waals surface area contributed by atoms with Crippen molar-refractivity contribution in [1.29, 1.82) is 0 Å². The number of hydrogen-bond acceptors (Lipinski definition) is 4. The van der Waals surface area contributed by atoms with Gasteiger partial charge in [0.2, 0.25) is 5.91 Å². The number of carbonyl (C=O) groups excluding carboxylic acids is 2. The average Bonchev–Trinajstić information content (AvgIpc) is 2.95. The van der Waals surface area contributed by atoms with Crippen molar-refractivity contribution < 1.29 is 14.3 Å². The summed E-state index contributed by atoms with van der Waals surface area (Å²) < 4.78 is 4.63. The number of methoxy groups -OCH3 is 1. The highest BCUT2D eigenvalue weighted by molar-refractivity contribution is 5.81. The Hall–Kier alpha value is -1.10. The summed E-state index contributed by atoms with van der Waals surface area (Å²) >= 11 is 0. The van der Waals surface area contributed by atoms with Crippen molar-refractivity contribution in [2.75, 3.05) is 13.7 Å². The first-order chi connectivity index (χ1) is 8.54. The number of amides is 1. The van der Waals surface area contributed by atoms with Gasteiger partial charge in [0.1, 0.15) is 0 Å². The van der Waals surface area contributed by atoms with E-state index >= 15 is 0 Å². The molecule has 0 aromatic carbocycles. The Labute approximate surface area is 107 Å². The van der Waals surface area contributed by atoms with Crippen molar-refractivity contribution in [1.82, 2.24) is 5.32 Å². The van der Waals surface area contributed by atoms with E-state index in [0.29, 0.717) is 18.4 Å². The number of hydrogen-bond donors (Lipinski definition) is 2. The third-order valence-corrected chi connectivity index (χ3v) is 4.47. The van der Waals surface area contributed by atoms with Crippen LogP contribution >= 0.6 is 0 Å². The molecule has 5 nitrogen and oxygen atoms in total. The number of ether oxygens (including phenoxy) is 1. The summed E-state index contributed by atoms with van der Waals surface area (Å²) in [5, 5.41) is 2.84. The first-order valence-corrected chi connectivity index (χ1v) is 6.65. The maximum Gasteiger partial charge on any atom is 0.310 e. The van der Waals surface area contributed by atoms with Crippen LogP contribution in [0.4, 0.5) is 0 Å². The smallest absolute Gasteiger partial charge is 0.310 e. The molecule has 0 aromatic heterocycles. The van der Waals surface area contributed by atoms with Crippen molar-refractivity contribution in [3.63, 3.8) is 0 Å². The zero-order valence-electron chi connectivity index (χ0n) is 11.0. The van der Waals surface area contributed by atoms with Gasteiger partial charge in [-0.25, -0.2) is 0 Å². The van der Waals surface area contributed by atoms with Crippen LogP contribution in [0.2, 0.25) is 0 Å². The van der Waals surface area contributed by atoms with Crippen LogP contribution in [-0.2, 0) is 14.3 Å². The van der Waals surface area contributed by atoms with Crippen LogP contribution in [0.3, 0.4) is 0 Å². The molecule has 2 aliphatic carbocycles. The Morgan fingerprint density at radius 1 is 1.39 bits per heavy atom. The average molecular weight is 254 g/mol. The Morgan fingerprint density at radius 2 is 2.06 bits per heavy atom. The minimum absolute atomic E-state index is 0.00261. The zero-order chi connectivity index (χ0) is 13.3. The van der Waals surface area contributed by atoms with Gasteiger partial charge in [-0.15, -0.1) is 0 Å². The predicted octanol–water partition coefficient (Wildman–Crippen LogP) is 0.285. The van der Waals surface area contributed by atoms with Crippen LogP contribution < -0.4 is 11.1 Å². The summed E-state index contributed by atoms with van der Waals surface area (Å²) in [5.41, 5.74) is 6.10. The maximum atomic E-state index is 12.1. The second-order valence-electron chi connectivity index (χ2n) is 5.61. The number of rotatable bonds is 4. The van der Waals surface area contributed by atoms with Gasteiger partial charge in [-0.3, -0.25) is 9.59 Å². The molecular formula is C13H22N2O3. The molecule has 3 N–H and O–H groups in total. The molecule has 0 heterocycles. The van der Waals surface area contributed by atoms with E-state index in [-0.39, 0.29) is 29.8 Å². The van der Waals surface area contributed by atoms with Crippen molar-refractivity contribution in [2.24, 2.45) is 29.4 Å². The number of nitrogens with two attached hydrogens (primary N) is 1. The van der Waals surface area contributed by atoms with Crippen molar-refractivity contribution in [2.45, 2.75) is 32.2 Å². The summed E-state index contributed by atoms with van der Waals surface area (Å²) in [5.74, 6) is 0.294. The van der Waals surface area contributed by atoms with E-state index < -0.39 is 0 Å². The third kappa shape index (κ3) is 2.36. The number of nitrogens with one attached hydrogen (secondary N) is 1. The molecule has 2 rings (SSSR count). The highest BCUT2D eigenvalue weighted by Gasteiger charge is 2.48. The fraction of sp³-hybridized carbons (Fsp3) is 0.846. The number of esters is 1. The molecule has 2 bridgehead atoms. The van der Waals surface area contributed by atoms with Crippen LogP contribution in [0.5, 0.6) is 0 Å². The first-order valence-electron chi connectivity index (χ1n) is 6.65. The Balaban J connectivity index is 1.84. The quantitative estimate of drug-likeness (QED) is 0.706. The van der Waals surface area contributed by atoms with Gasteiger partial charge in [0.15, 0.2) is 0 Å². The molecule has 102 valence electrons. The minimum atomic E-state index is -0.311. The number of carbonyl (C=O) groups is 2. The van der Waals surface area contributed by atoms with Crippen LogP contribution in [0.15, 0.2) is 0 Å². The van der Waals surface area contributed by atoms with Gasteiger partial charge in [0, 0.05) is 12.6 Å². The molecule has 2 aliphatic rings. The third-order valence-electron chi connectivity index (χ3n) is 4.47. The normalized spacial score (nSPS) is 35.3. The van der Waals surface area contributed by atoms with E-state index in [0.717, 1.165) is 19.3 Å². The van der Waals surface area contributed by atoms with Gasteiger partial charge < -0.3 is 15.8 Å². The largest absolute Gasteiger partial charge is 0.469 e. The molecule has 5 unspecified atom stereocenters. The topological polar surface area (TPSA) is 81.4 Å². The van der Waals surface area contributed by atoms with E-state index in [1.807, 2.05) is 0 Å². The molecule has 2 saturated carbocycles. The van der Waals surface area contributed by atoms with Crippen LogP contribution in [0.25, 0.3) is 0 Å². The lowest BCUT2D eigenvalue weighted by atomic mass is 9.84. The molecule has 1 amide bonds. The lowest BCUT2D eigenvalue weighted by Crippen LogP contribution is -2.46.